The molecular formula is C15H22N2O5S. The topological polar surface area (TPSA) is 93.7 Å². The normalized spacial score (nSPS) is 19.0. The molecule has 0 saturated carbocycles. The monoisotopic (exact) mass is 342 g/mol. The highest BCUT2D eigenvalue weighted by molar-refractivity contribution is 7.89. The molecular weight excluding hydrogens is 320 g/mol. The van der Waals surface area contributed by atoms with Crippen LogP contribution in [0.1, 0.15) is 19.3 Å². The summed E-state index contributed by atoms with van der Waals surface area (Å²) in [4.78, 5) is 12.0. The van der Waals surface area contributed by atoms with Crippen LogP contribution in [-0.4, -0.2) is 47.2 Å². The fourth-order valence-electron chi connectivity index (χ4n) is 2.26. The molecule has 0 aliphatic carbocycles. The van der Waals surface area contributed by atoms with Gasteiger partial charge in [-0.15, -0.1) is 0 Å². The van der Waals surface area contributed by atoms with Crippen molar-refractivity contribution in [2.24, 2.45) is 0 Å². The van der Waals surface area contributed by atoms with E-state index < -0.39 is 16.1 Å². The van der Waals surface area contributed by atoms with E-state index >= 15 is 0 Å². The fourth-order valence-corrected chi connectivity index (χ4v) is 3.49. The first-order valence-corrected chi connectivity index (χ1v) is 9.03. The summed E-state index contributed by atoms with van der Waals surface area (Å²) in [6.07, 6.45) is 2.17. The van der Waals surface area contributed by atoms with Crippen molar-refractivity contribution in [3.8, 4) is 5.75 Å². The van der Waals surface area contributed by atoms with Crippen molar-refractivity contribution in [1.82, 2.24) is 10.0 Å². The Hall–Kier alpha value is -1.64. The van der Waals surface area contributed by atoms with E-state index in [2.05, 4.69) is 10.0 Å². The summed E-state index contributed by atoms with van der Waals surface area (Å²) in [6, 6.07) is 5.35. The number of methoxy groups -OCH3 is 1. The SMILES string of the molecule is COCCOc1ccc(S(=O)(=O)N[C@@H]2CCCCNC2=O)cc1. The second kappa shape index (κ2) is 8.28. The van der Waals surface area contributed by atoms with Gasteiger partial charge in [0.15, 0.2) is 0 Å². The van der Waals surface area contributed by atoms with E-state index in [4.69, 9.17) is 9.47 Å². The van der Waals surface area contributed by atoms with E-state index in [1.807, 2.05) is 0 Å². The van der Waals surface area contributed by atoms with Crippen LogP contribution in [0.5, 0.6) is 5.75 Å². The zero-order valence-electron chi connectivity index (χ0n) is 13.1. The molecule has 1 aromatic rings. The Balaban J connectivity index is 2.02. The predicted octanol–water partition coefficient (Wildman–Crippen LogP) is 0.659. The molecule has 1 aromatic carbocycles. The van der Waals surface area contributed by atoms with Crippen molar-refractivity contribution >= 4 is 15.9 Å². The minimum absolute atomic E-state index is 0.105. The van der Waals surface area contributed by atoms with Crippen LogP contribution in [0.4, 0.5) is 0 Å². The number of carbonyl (C=O) groups is 1. The van der Waals surface area contributed by atoms with Crippen molar-refractivity contribution in [3.63, 3.8) is 0 Å². The average molecular weight is 342 g/mol. The van der Waals surface area contributed by atoms with Crippen LogP contribution >= 0.6 is 0 Å². The predicted molar refractivity (Wildman–Crippen MR) is 84.8 cm³/mol. The van der Waals surface area contributed by atoms with Gasteiger partial charge in [0.25, 0.3) is 0 Å². The van der Waals surface area contributed by atoms with E-state index in [0.29, 0.717) is 31.9 Å². The molecule has 128 valence electrons. The third kappa shape index (κ3) is 5.19. The molecule has 2 N–H and O–H groups in total. The van der Waals surface area contributed by atoms with E-state index in [0.717, 1.165) is 12.8 Å². The molecule has 0 radical (unpaired) electrons. The first kappa shape index (κ1) is 17.7. The molecule has 7 nitrogen and oxygen atoms in total. The Bertz CT molecular complexity index is 615. The molecule has 0 bridgehead atoms. The molecule has 0 unspecified atom stereocenters. The number of sulfonamides is 1. The molecule has 2 rings (SSSR count). The second-order valence-corrected chi connectivity index (χ2v) is 6.99. The second-order valence-electron chi connectivity index (χ2n) is 5.27. The minimum atomic E-state index is -3.74. The van der Waals surface area contributed by atoms with Gasteiger partial charge in [0, 0.05) is 13.7 Å². The number of nitrogens with one attached hydrogen (secondary N) is 2. The van der Waals surface area contributed by atoms with Crippen molar-refractivity contribution in [3.05, 3.63) is 24.3 Å². The van der Waals surface area contributed by atoms with Crippen molar-refractivity contribution in [2.45, 2.75) is 30.2 Å². The quantitative estimate of drug-likeness (QED) is 0.710. The van der Waals surface area contributed by atoms with Gasteiger partial charge >= 0.3 is 0 Å². The summed E-state index contributed by atoms with van der Waals surface area (Å²) in [5.74, 6) is 0.291. The summed E-state index contributed by atoms with van der Waals surface area (Å²) in [7, 11) is -2.16. The highest BCUT2D eigenvalue weighted by atomic mass is 32.2. The summed E-state index contributed by atoms with van der Waals surface area (Å²) >= 11 is 0. The van der Waals surface area contributed by atoms with Gasteiger partial charge in [0.05, 0.1) is 11.5 Å². The van der Waals surface area contributed by atoms with Gasteiger partial charge in [-0.2, -0.15) is 4.72 Å². The molecule has 0 spiro atoms. The van der Waals surface area contributed by atoms with Crippen molar-refractivity contribution in [1.29, 1.82) is 0 Å². The van der Waals surface area contributed by atoms with Crippen LogP contribution in [0.3, 0.4) is 0 Å². The molecule has 8 heteroatoms. The third-order valence-electron chi connectivity index (χ3n) is 3.52. The lowest BCUT2D eigenvalue weighted by Gasteiger charge is -2.15. The first-order chi connectivity index (χ1) is 11.0. The third-order valence-corrected chi connectivity index (χ3v) is 5.01. The highest BCUT2D eigenvalue weighted by Crippen LogP contribution is 2.17. The molecule has 1 amide bonds. The minimum Gasteiger partial charge on any atom is -0.491 e. The summed E-state index contributed by atoms with van der Waals surface area (Å²) in [5, 5.41) is 2.71. The lowest BCUT2D eigenvalue weighted by molar-refractivity contribution is -0.122. The van der Waals surface area contributed by atoms with E-state index in [1.165, 1.54) is 12.1 Å². The molecule has 1 atom stereocenters. The number of benzene rings is 1. The van der Waals surface area contributed by atoms with Crippen LogP contribution in [0, 0.1) is 0 Å². The molecule has 1 aliphatic rings. The van der Waals surface area contributed by atoms with Crippen molar-refractivity contribution < 1.29 is 22.7 Å². The maximum absolute atomic E-state index is 12.4. The Morgan fingerprint density at radius 1 is 1.22 bits per heavy atom. The lowest BCUT2D eigenvalue weighted by Crippen LogP contribution is -2.45. The van der Waals surface area contributed by atoms with Crippen molar-refractivity contribution in [2.75, 3.05) is 26.9 Å². The van der Waals surface area contributed by atoms with Gasteiger partial charge in [-0.1, -0.05) is 0 Å². The largest absolute Gasteiger partial charge is 0.491 e. The van der Waals surface area contributed by atoms with Crippen LogP contribution < -0.4 is 14.8 Å². The van der Waals surface area contributed by atoms with E-state index in [1.54, 1.807) is 19.2 Å². The van der Waals surface area contributed by atoms with Gasteiger partial charge in [-0.25, -0.2) is 8.42 Å². The van der Waals surface area contributed by atoms with Gasteiger partial charge in [-0.05, 0) is 43.5 Å². The smallest absolute Gasteiger partial charge is 0.241 e. The van der Waals surface area contributed by atoms with Gasteiger partial charge in [-0.3, -0.25) is 4.79 Å². The molecule has 1 fully saturated rings. The van der Waals surface area contributed by atoms with Gasteiger partial charge < -0.3 is 14.8 Å². The van der Waals surface area contributed by atoms with Crippen LogP contribution in [0.25, 0.3) is 0 Å². The number of hydrogen-bond donors (Lipinski definition) is 2. The summed E-state index contributed by atoms with van der Waals surface area (Å²) in [5.41, 5.74) is 0. The Morgan fingerprint density at radius 2 is 1.96 bits per heavy atom. The number of amides is 1. The summed E-state index contributed by atoms with van der Waals surface area (Å²) in [6.45, 7) is 1.44. The first-order valence-electron chi connectivity index (χ1n) is 7.55. The zero-order chi connectivity index (χ0) is 16.7. The number of ether oxygens (including phenoxy) is 2. The van der Waals surface area contributed by atoms with Gasteiger partial charge in [0.2, 0.25) is 15.9 Å². The summed E-state index contributed by atoms with van der Waals surface area (Å²) < 4.78 is 37.5. The van der Waals surface area contributed by atoms with Gasteiger partial charge in [0.1, 0.15) is 18.4 Å². The van der Waals surface area contributed by atoms with Crippen LogP contribution in [0.2, 0.25) is 0 Å². The van der Waals surface area contributed by atoms with E-state index in [-0.39, 0.29) is 10.8 Å². The zero-order valence-corrected chi connectivity index (χ0v) is 13.9. The standard InChI is InChI=1S/C15H22N2O5S/c1-21-10-11-22-12-5-7-13(8-6-12)23(19,20)17-14-4-2-3-9-16-15(14)18/h5-8,14,17H,2-4,9-11H2,1H3,(H,16,18)/t14-/m1/s1. The average Bonchev–Trinajstić information content (AvgIpc) is 2.73. The number of rotatable bonds is 7. The Morgan fingerprint density at radius 3 is 2.65 bits per heavy atom. The Labute approximate surface area is 136 Å². The maximum Gasteiger partial charge on any atom is 0.241 e. The highest BCUT2D eigenvalue weighted by Gasteiger charge is 2.26. The molecule has 1 heterocycles. The maximum atomic E-state index is 12.4. The Kier molecular flexibility index (Phi) is 6.37. The lowest BCUT2D eigenvalue weighted by atomic mass is 10.1. The molecule has 0 aromatic heterocycles. The fraction of sp³-hybridized carbons (Fsp3) is 0.533. The van der Waals surface area contributed by atoms with Crippen LogP contribution in [0.15, 0.2) is 29.2 Å². The van der Waals surface area contributed by atoms with Crippen LogP contribution in [-0.2, 0) is 19.6 Å². The van der Waals surface area contributed by atoms with E-state index in [9.17, 15) is 13.2 Å². The number of carbonyl (C=O) groups excluding carboxylic acids is 1. The molecule has 1 saturated heterocycles. The number of hydrogen-bond acceptors (Lipinski definition) is 5. The molecule has 1 aliphatic heterocycles. The molecule has 23 heavy (non-hydrogen) atoms.